The number of carbonyl (C=O) groups excluding carboxylic acids is 2. The molecule has 2 aliphatic rings. The second-order valence-corrected chi connectivity index (χ2v) is 10.3. The van der Waals surface area contributed by atoms with Crippen LogP contribution in [0.2, 0.25) is 0 Å². The first-order valence-corrected chi connectivity index (χ1v) is 13.6. The summed E-state index contributed by atoms with van der Waals surface area (Å²) < 4.78 is 11.3. The molecule has 0 unspecified atom stereocenters. The highest BCUT2D eigenvalue weighted by Crippen LogP contribution is 2.40. The summed E-state index contributed by atoms with van der Waals surface area (Å²) in [6.45, 7) is 1.59. The molecule has 1 aliphatic carbocycles. The molecular weight excluding hydrogens is 486 g/mol. The average molecular weight is 518 g/mol. The molecule has 3 aromatic rings. The SMILES string of the molecule is COc1cc(C=Nc2sc3c(c2C(=O)Nc2ccccc2)CCCC3)ccc1OCC(=O)N1CCCC1. The van der Waals surface area contributed by atoms with Crippen molar-refractivity contribution in [1.82, 2.24) is 4.90 Å². The Hall–Kier alpha value is -3.65. The fourth-order valence-corrected chi connectivity index (χ4v) is 6.04. The Morgan fingerprint density at radius 3 is 2.59 bits per heavy atom. The summed E-state index contributed by atoms with van der Waals surface area (Å²) in [5.74, 6) is 0.919. The number of nitrogens with zero attached hydrogens (tertiary/aromatic N) is 2. The van der Waals surface area contributed by atoms with E-state index >= 15 is 0 Å². The number of thiophene rings is 1. The second kappa shape index (κ2) is 11.6. The molecule has 0 bridgehead atoms. The van der Waals surface area contributed by atoms with Gasteiger partial charge in [0.15, 0.2) is 18.1 Å². The maximum atomic E-state index is 13.3. The van der Waals surface area contributed by atoms with Crippen molar-refractivity contribution in [2.45, 2.75) is 38.5 Å². The van der Waals surface area contributed by atoms with E-state index in [0.717, 1.165) is 73.4 Å². The lowest BCUT2D eigenvalue weighted by Gasteiger charge is -2.16. The third kappa shape index (κ3) is 5.85. The number of aliphatic imine (C=N–C) groups is 1. The summed E-state index contributed by atoms with van der Waals surface area (Å²) in [7, 11) is 1.57. The van der Waals surface area contributed by atoms with Crippen LogP contribution in [0.5, 0.6) is 11.5 Å². The van der Waals surface area contributed by atoms with Crippen molar-refractivity contribution in [3.63, 3.8) is 0 Å². The summed E-state index contributed by atoms with van der Waals surface area (Å²) in [5, 5.41) is 3.75. The Morgan fingerprint density at radius 1 is 1.03 bits per heavy atom. The van der Waals surface area contributed by atoms with Gasteiger partial charge in [0.1, 0.15) is 5.00 Å². The number of nitrogens with one attached hydrogen (secondary N) is 1. The van der Waals surface area contributed by atoms with Gasteiger partial charge in [0.2, 0.25) is 0 Å². The Labute approximate surface area is 221 Å². The molecule has 1 fully saturated rings. The van der Waals surface area contributed by atoms with Crippen LogP contribution in [0.1, 0.15) is 52.0 Å². The number of likely N-dealkylation sites (tertiary alicyclic amines) is 1. The number of fused-ring (bicyclic) bond motifs is 1. The third-order valence-electron chi connectivity index (χ3n) is 6.74. The standard InChI is InChI=1S/C29H31N3O4S/c1-35-24-17-20(13-14-23(24)36-19-26(33)32-15-7-8-16-32)18-30-29-27(22-11-5-6-12-25(22)37-29)28(34)31-21-9-3-2-4-10-21/h2-4,9-10,13-14,17-18H,5-8,11-12,15-16,19H2,1H3,(H,31,34). The molecule has 0 atom stereocenters. The quantitative estimate of drug-likeness (QED) is 0.392. The van der Waals surface area contributed by atoms with E-state index in [9.17, 15) is 9.59 Å². The van der Waals surface area contributed by atoms with E-state index in [0.29, 0.717) is 17.1 Å². The lowest BCUT2D eigenvalue weighted by atomic mass is 9.95. The number of hydrogen-bond donors (Lipinski definition) is 1. The maximum absolute atomic E-state index is 13.3. The van der Waals surface area contributed by atoms with Gasteiger partial charge in [-0.2, -0.15) is 0 Å². The van der Waals surface area contributed by atoms with Crippen molar-refractivity contribution < 1.29 is 19.1 Å². The van der Waals surface area contributed by atoms with E-state index < -0.39 is 0 Å². The van der Waals surface area contributed by atoms with Crippen molar-refractivity contribution >= 4 is 40.1 Å². The summed E-state index contributed by atoms with van der Waals surface area (Å²) >= 11 is 1.60. The molecular formula is C29H31N3O4S. The molecule has 1 aromatic heterocycles. The molecule has 37 heavy (non-hydrogen) atoms. The van der Waals surface area contributed by atoms with E-state index in [4.69, 9.17) is 14.5 Å². The van der Waals surface area contributed by atoms with Crippen LogP contribution in [0.4, 0.5) is 10.7 Å². The van der Waals surface area contributed by atoms with Gasteiger partial charge < -0.3 is 19.7 Å². The third-order valence-corrected chi connectivity index (χ3v) is 7.94. The van der Waals surface area contributed by atoms with Gasteiger partial charge in [0, 0.05) is 29.9 Å². The second-order valence-electron chi connectivity index (χ2n) is 9.26. The molecule has 2 aromatic carbocycles. The molecule has 7 nitrogen and oxygen atoms in total. The topological polar surface area (TPSA) is 80.2 Å². The fourth-order valence-electron chi connectivity index (χ4n) is 4.81. The molecule has 2 heterocycles. The number of methoxy groups -OCH3 is 1. The Bertz CT molecular complexity index is 1300. The molecule has 192 valence electrons. The Balaban J connectivity index is 1.34. The van der Waals surface area contributed by atoms with Gasteiger partial charge in [-0.15, -0.1) is 11.3 Å². The smallest absolute Gasteiger partial charge is 0.260 e. The minimum atomic E-state index is -0.123. The van der Waals surface area contributed by atoms with Gasteiger partial charge in [0.05, 0.1) is 12.7 Å². The van der Waals surface area contributed by atoms with Crippen molar-refractivity contribution in [2.24, 2.45) is 4.99 Å². The summed E-state index contributed by atoms with van der Waals surface area (Å²) in [6, 6.07) is 15.0. The number of para-hydroxylation sites is 1. The van der Waals surface area contributed by atoms with Crippen molar-refractivity contribution in [2.75, 3.05) is 32.1 Å². The van der Waals surface area contributed by atoms with Gasteiger partial charge in [-0.3, -0.25) is 9.59 Å². The molecule has 2 amide bonds. The average Bonchev–Trinajstić information content (AvgIpc) is 3.59. The number of ether oxygens (including phenoxy) is 2. The molecule has 8 heteroatoms. The zero-order valence-corrected chi connectivity index (χ0v) is 21.8. The van der Waals surface area contributed by atoms with Crippen molar-refractivity contribution in [3.05, 3.63) is 70.1 Å². The summed E-state index contributed by atoms with van der Waals surface area (Å²) in [6.07, 6.45) is 7.94. The van der Waals surface area contributed by atoms with Crippen LogP contribution < -0.4 is 14.8 Å². The number of anilines is 1. The molecule has 0 radical (unpaired) electrons. The molecule has 1 aliphatic heterocycles. The lowest BCUT2D eigenvalue weighted by molar-refractivity contribution is -0.132. The number of hydrogen-bond acceptors (Lipinski definition) is 6. The van der Waals surface area contributed by atoms with Crippen LogP contribution in [-0.4, -0.2) is 49.7 Å². The highest BCUT2D eigenvalue weighted by molar-refractivity contribution is 7.16. The van der Waals surface area contributed by atoms with Gasteiger partial charge in [0.25, 0.3) is 11.8 Å². The van der Waals surface area contributed by atoms with E-state index in [1.165, 1.54) is 4.88 Å². The molecule has 1 saturated heterocycles. The van der Waals surface area contributed by atoms with Crippen LogP contribution in [0.3, 0.4) is 0 Å². The molecule has 1 N–H and O–H groups in total. The van der Waals surface area contributed by atoms with E-state index in [-0.39, 0.29) is 18.4 Å². The van der Waals surface area contributed by atoms with Crippen LogP contribution in [0.25, 0.3) is 0 Å². The first-order chi connectivity index (χ1) is 18.1. The highest BCUT2D eigenvalue weighted by Gasteiger charge is 2.25. The number of rotatable bonds is 8. The first kappa shape index (κ1) is 25.0. The zero-order chi connectivity index (χ0) is 25.6. The van der Waals surface area contributed by atoms with Gasteiger partial charge in [-0.1, -0.05) is 18.2 Å². The van der Waals surface area contributed by atoms with E-state index in [2.05, 4.69) is 5.32 Å². The first-order valence-electron chi connectivity index (χ1n) is 12.8. The van der Waals surface area contributed by atoms with E-state index in [1.807, 2.05) is 47.4 Å². The molecule has 5 rings (SSSR count). The van der Waals surface area contributed by atoms with Crippen molar-refractivity contribution in [3.8, 4) is 11.5 Å². The number of benzene rings is 2. The predicted molar refractivity (Wildman–Crippen MR) is 147 cm³/mol. The van der Waals surface area contributed by atoms with Gasteiger partial charge >= 0.3 is 0 Å². The van der Waals surface area contributed by atoms with Gasteiger partial charge in [-0.05, 0) is 80.0 Å². The number of carbonyl (C=O) groups is 2. The fraction of sp³-hybridized carbons (Fsp3) is 0.345. The molecule has 0 saturated carbocycles. The Kier molecular flexibility index (Phi) is 7.84. The minimum Gasteiger partial charge on any atom is -0.493 e. The monoisotopic (exact) mass is 517 g/mol. The lowest BCUT2D eigenvalue weighted by Crippen LogP contribution is -2.32. The van der Waals surface area contributed by atoms with Crippen LogP contribution in [0.15, 0.2) is 53.5 Å². The maximum Gasteiger partial charge on any atom is 0.260 e. The minimum absolute atomic E-state index is 0.00633. The van der Waals surface area contributed by atoms with Crippen molar-refractivity contribution in [1.29, 1.82) is 0 Å². The summed E-state index contributed by atoms with van der Waals surface area (Å²) in [5.41, 5.74) is 3.38. The van der Waals surface area contributed by atoms with Crippen LogP contribution in [-0.2, 0) is 17.6 Å². The number of amides is 2. The van der Waals surface area contributed by atoms with E-state index in [1.54, 1.807) is 30.7 Å². The number of aryl methyl sites for hydroxylation is 1. The summed E-state index contributed by atoms with van der Waals surface area (Å²) in [4.78, 5) is 33.5. The highest BCUT2D eigenvalue weighted by atomic mass is 32.1. The van der Waals surface area contributed by atoms with Crippen LogP contribution in [0, 0.1) is 0 Å². The zero-order valence-electron chi connectivity index (χ0n) is 21.0. The van der Waals surface area contributed by atoms with Crippen LogP contribution >= 0.6 is 11.3 Å². The largest absolute Gasteiger partial charge is 0.493 e. The normalized spacial score (nSPS) is 15.0. The Morgan fingerprint density at radius 2 is 1.81 bits per heavy atom. The predicted octanol–water partition coefficient (Wildman–Crippen LogP) is 5.64. The van der Waals surface area contributed by atoms with Gasteiger partial charge in [-0.25, -0.2) is 4.99 Å². The molecule has 0 spiro atoms.